The molecular formula is C19H31N5O3S. The second kappa shape index (κ2) is 10.4. The van der Waals surface area contributed by atoms with Crippen molar-refractivity contribution in [2.24, 2.45) is 4.99 Å². The number of nitrogens with zero attached hydrogens (tertiary/aromatic N) is 2. The molecule has 156 valence electrons. The number of amides is 1. The van der Waals surface area contributed by atoms with Gasteiger partial charge in [-0.2, -0.15) is 0 Å². The number of carbonyl (C=O) groups is 1. The van der Waals surface area contributed by atoms with Gasteiger partial charge in [-0.05, 0) is 31.9 Å². The van der Waals surface area contributed by atoms with Crippen molar-refractivity contribution in [3.63, 3.8) is 0 Å². The summed E-state index contributed by atoms with van der Waals surface area (Å²) in [4.78, 5) is 16.6. The summed E-state index contributed by atoms with van der Waals surface area (Å²) in [6.45, 7) is 5.92. The van der Waals surface area contributed by atoms with E-state index >= 15 is 0 Å². The first kappa shape index (κ1) is 22.2. The van der Waals surface area contributed by atoms with Crippen molar-refractivity contribution in [3.8, 4) is 0 Å². The van der Waals surface area contributed by atoms with Crippen LogP contribution < -0.4 is 16.0 Å². The number of rotatable bonds is 9. The number of fused-ring (bicyclic) bond motifs is 1. The largest absolute Gasteiger partial charge is 0.357 e. The Morgan fingerprint density at radius 3 is 2.75 bits per heavy atom. The number of nitrogens with one attached hydrogen (secondary N) is 3. The predicted molar refractivity (Wildman–Crippen MR) is 113 cm³/mol. The lowest BCUT2D eigenvalue weighted by molar-refractivity contribution is -0.116. The molecule has 1 unspecified atom stereocenters. The highest BCUT2D eigenvalue weighted by atomic mass is 32.2. The Morgan fingerprint density at radius 2 is 2.04 bits per heavy atom. The fraction of sp³-hybridized carbons (Fsp3) is 0.579. The lowest BCUT2D eigenvalue weighted by Crippen LogP contribution is -2.39. The molecule has 1 atom stereocenters. The van der Waals surface area contributed by atoms with Crippen molar-refractivity contribution in [1.29, 1.82) is 0 Å². The average Bonchev–Trinajstić information content (AvgIpc) is 2.68. The molecule has 0 aromatic heterocycles. The van der Waals surface area contributed by atoms with Crippen LogP contribution in [0.2, 0.25) is 0 Å². The van der Waals surface area contributed by atoms with Gasteiger partial charge in [0, 0.05) is 44.7 Å². The molecule has 1 aromatic carbocycles. The molecule has 28 heavy (non-hydrogen) atoms. The quantitative estimate of drug-likeness (QED) is 0.324. The van der Waals surface area contributed by atoms with E-state index in [0.29, 0.717) is 38.4 Å². The van der Waals surface area contributed by atoms with E-state index in [1.165, 1.54) is 4.31 Å². The number of hydrogen-bond acceptors (Lipinski definition) is 4. The van der Waals surface area contributed by atoms with Gasteiger partial charge in [-0.15, -0.1) is 0 Å². The summed E-state index contributed by atoms with van der Waals surface area (Å²) in [5.74, 6) is 0.836. The number of carbonyl (C=O) groups excluding carboxylic acids is 1. The number of anilines is 1. The van der Waals surface area contributed by atoms with Crippen molar-refractivity contribution in [2.45, 2.75) is 32.6 Å². The van der Waals surface area contributed by atoms with Gasteiger partial charge in [-0.25, -0.2) is 12.7 Å². The van der Waals surface area contributed by atoms with Crippen LogP contribution in [-0.2, 0) is 14.8 Å². The fourth-order valence-electron chi connectivity index (χ4n) is 3.08. The molecule has 0 spiro atoms. The first-order chi connectivity index (χ1) is 13.4. The fourth-order valence-corrected chi connectivity index (χ4v) is 3.92. The van der Waals surface area contributed by atoms with E-state index in [-0.39, 0.29) is 17.6 Å². The smallest absolute Gasteiger partial charge is 0.225 e. The van der Waals surface area contributed by atoms with Gasteiger partial charge in [-0.3, -0.25) is 9.79 Å². The van der Waals surface area contributed by atoms with Gasteiger partial charge in [0.05, 0.1) is 12.3 Å². The zero-order valence-electron chi connectivity index (χ0n) is 16.9. The third kappa shape index (κ3) is 6.20. The highest BCUT2D eigenvalue weighted by Crippen LogP contribution is 2.31. The third-order valence-electron chi connectivity index (χ3n) is 4.70. The van der Waals surface area contributed by atoms with Gasteiger partial charge < -0.3 is 16.0 Å². The number of guanidine groups is 1. The van der Waals surface area contributed by atoms with Crippen LogP contribution in [-0.4, -0.2) is 63.6 Å². The summed E-state index contributed by atoms with van der Waals surface area (Å²) < 4.78 is 24.9. The zero-order valence-corrected chi connectivity index (χ0v) is 17.7. The van der Waals surface area contributed by atoms with E-state index in [4.69, 9.17) is 0 Å². The van der Waals surface area contributed by atoms with Crippen LogP contribution in [0.5, 0.6) is 0 Å². The number of para-hydroxylation sites is 1. The molecule has 1 aromatic rings. The zero-order chi connectivity index (χ0) is 20.6. The van der Waals surface area contributed by atoms with E-state index in [1.807, 2.05) is 31.2 Å². The van der Waals surface area contributed by atoms with Gasteiger partial charge >= 0.3 is 0 Å². The molecule has 8 nitrogen and oxygen atoms in total. The lowest BCUT2D eigenvalue weighted by Gasteiger charge is -2.24. The number of hydrogen-bond donors (Lipinski definition) is 3. The Bertz CT molecular complexity index is 795. The van der Waals surface area contributed by atoms with E-state index in [0.717, 1.165) is 17.8 Å². The van der Waals surface area contributed by atoms with Gasteiger partial charge in [0.2, 0.25) is 15.9 Å². The van der Waals surface area contributed by atoms with Crippen LogP contribution in [0.4, 0.5) is 5.69 Å². The van der Waals surface area contributed by atoms with Crippen LogP contribution in [0.25, 0.3) is 0 Å². The van der Waals surface area contributed by atoms with E-state index in [9.17, 15) is 13.2 Å². The van der Waals surface area contributed by atoms with Crippen LogP contribution >= 0.6 is 0 Å². The summed E-state index contributed by atoms with van der Waals surface area (Å²) in [6.07, 6.45) is 1.09. The second-order valence-electron chi connectivity index (χ2n) is 6.76. The van der Waals surface area contributed by atoms with Gasteiger partial charge in [0.1, 0.15) is 0 Å². The Balaban J connectivity index is 1.91. The lowest BCUT2D eigenvalue weighted by atomic mass is 9.91. The summed E-state index contributed by atoms with van der Waals surface area (Å²) in [5, 5.41) is 9.33. The minimum atomic E-state index is -3.15. The molecule has 1 heterocycles. The molecule has 0 saturated carbocycles. The minimum absolute atomic E-state index is 0.0111. The Kier molecular flexibility index (Phi) is 8.25. The molecule has 1 amide bonds. The average molecular weight is 410 g/mol. The predicted octanol–water partition coefficient (Wildman–Crippen LogP) is 1.34. The van der Waals surface area contributed by atoms with Crippen molar-refractivity contribution >= 4 is 27.6 Å². The molecule has 9 heteroatoms. The molecule has 0 aliphatic carbocycles. The standard InChI is InChI=1S/C19H31N5O3S/c1-4-20-19(21-11-8-12-24(3)28(26,27)5-2)22-14-15-13-18(25)23-17-10-7-6-9-16(15)17/h6-7,9-10,15H,4-5,8,11-14H2,1-3H3,(H,23,25)(H2,20,21,22). The molecular weight excluding hydrogens is 378 g/mol. The second-order valence-corrected chi connectivity index (χ2v) is 9.12. The molecule has 1 aliphatic heterocycles. The first-order valence-corrected chi connectivity index (χ1v) is 11.3. The Labute approximate surface area is 167 Å². The van der Waals surface area contributed by atoms with Crippen molar-refractivity contribution < 1.29 is 13.2 Å². The maximum Gasteiger partial charge on any atom is 0.225 e. The monoisotopic (exact) mass is 409 g/mol. The van der Waals surface area contributed by atoms with Crippen LogP contribution in [0.15, 0.2) is 29.3 Å². The molecule has 0 radical (unpaired) electrons. The normalized spacial score (nSPS) is 17.2. The summed E-state index contributed by atoms with van der Waals surface area (Å²) >= 11 is 0. The SMILES string of the molecule is CCNC(=NCC1CC(=O)Nc2ccccc21)NCCCN(C)S(=O)(=O)CC. The van der Waals surface area contributed by atoms with Gasteiger partial charge in [-0.1, -0.05) is 18.2 Å². The summed E-state index contributed by atoms with van der Waals surface area (Å²) in [5.41, 5.74) is 1.96. The first-order valence-electron chi connectivity index (χ1n) is 9.72. The molecule has 0 fully saturated rings. The Hall–Kier alpha value is -2.13. The number of aliphatic imine (C=N–C) groups is 1. The van der Waals surface area contributed by atoms with E-state index < -0.39 is 10.0 Å². The van der Waals surface area contributed by atoms with Crippen LogP contribution in [0.3, 0.4) is 0 Å². The number of sulfonamides is 1. The van der Waals surface area contributed by atoms with Crippen molar-refractivity contribution in [1.82, 2.24) is 14.9 Å². The topological polar surface area (TPSA) is 103 Å². The molecule has 1 aliphatic rings. The maximum atomic E-state index is 11.9. The van der Waals surface area contributed by atoms with Crippen LogP contribution in [0, 0.1) is 0 Å². The highest BCUT2D eigenvalue weighted by molar-refractivity contribution is 7.89. The number of benzene rings is 1. The van der Waals surface area contributed by atoms with E-state index in [2.05, 4.69) is 20.9 Å². The van der Waals surface area contributed by atoms with Gasteiger partial charge in [0.15, 0.2) is 5.96 Å². The molecule has 3 N–H and O–H groups in total. The van der Waals surface area contributed by atoms with Crippen molar-refractivity contribution in [3.05, 3.63) is 29.8 Å². The third-order valence-corrected chi connectivity index (χ3v) is 6.56. The minimum Gasteiger partial charge on any atom is -0.357 e. The summed E-state index contributed by atoms with van der Waals surface area (Å²) in [6, 6.07) is 7.82. The summed E-state index contributed by atoms with van der Waals surface area (Å²) in [7, 11) is -1.54. The Morgan fingerprint density at radius 1 is 1.29 bits per heavy atom. The van der Waals surface area contributed by atoms with Crippen molar-refractivity contribution in [2.75, 3.05) is 44.3 Å². The van der Waals surface area contributed by atoms with E-state index in [1.54, 1.807) is 14.0 Å². The maximum absolute atomic E-state index is 11.9. The van der Waals surface area contributed by atoms with Gasteiger partial charge in [0.25, 0.3) is 0 Å². The molecule has 0 bridgehead atoms. The molecule has 2 rings (SSSR count). The van der Waals surface area contributed by atoms with Crippen LogP contribution in [0.1, 0.15) is 38.2 Å². The molecule has 0 saturated heterocycles. The highest BCUT2D eigenvalue weighted by Gasteiger charge is 2.24.